The van der Waals surface area contributed by atoms with Gasteiger partial charge in [0.25, 0.3) is 0 Å². The molecule has 0 saturated carbocycles. The largest absolute Gasteiger partial charge is 0.391 e. The molecule has 88 valence electrons. The number of ether oxygens (including phenoxy) is 1. The standard InChI is InChI=1S/C12H15IO2S/c13-11(12(16)8-14)6-7-15-9-10-4-2-1-3-5-10/h1-5,14,16H,6-9H2/b12-11+. The fourth-order valence-corrected chi connectivity index (χ4v) is 1.66. The Kier molecular flexibility index (Phi) is 7.11. The highest BCUT2D eigenvalue weighted by Gasteiger charge is 1.99. The van der Waals surface area contributed by atoms with Gasteiger partial charge in [0.15, 0.2) is 0 Å². The van der Waals surface area contributed by atoms with Crippen LogP contribution in [0.5, 0.6) is 0 Å². The number of rotatable bonds is 6. The zero-order chi connectivity index (χ0) is 11.8. The molecule has 1 rings (SSSR count). The molecule has 4 heteroatoms. The van der Waals surface area contributed by atoms with Crippen LogP contribution in [0.1, 0.15) is 12.0 Å². The summed E-state index contributed by atoms with van der Waals surface area (Å²) in [5, 5.41) is 8.86. The normalized spacial score (nSPS) is 12.4. The van der Waals surface area contributed by atoms with E-state index in [1.165, 1.54) is 5.56 Å². The zero-order valence-electron chi connectivity index (χ0n) is 8.90. The summed E-state index contributed by atoms with van der Waals surface area (Å²) in [6, 6.07) is 10.1. The minimum atomic E-state index is 0.0000692. The van der Waals surface area contributed by atoms with Gasteiger partial charge >= 0.3 is 0 Å². The summed E-state index contributed by atoms with van der Waals surface area (Å²) in [7, 11) is 0. The number of benzene rings is 1. The number of hydrogen-bond acceptors (Lipinski definition) is 3. The average molecular weight is 350 g/mol. The molecule has 16 heavy (non-hydrogen) atoms. The Balaban J connectivity index is 2.23. The molecule has 0 bridgehead atoms. The zero-order valence-corrected chi connectivity index (χ0v) is 11.9. The Morgan fingerprint density at radius 2 is 2.00 bits per heavy atom. The Labute approximate surface area is 115 Å². The fourth-order valence-electron chi connectivity index (χ4n) is 1.16. The van der Waals surface area contributed by atoms with Gasteiger partial charge in [0.1, 0.15) is 0 Å². The van der Waals surface area contributed by atoms with Crippen LogP contribution in [0.25, 0.3) is 0 Å². The molecule has 0 aliphatic carbocycles. The average Bonchev–Trinajstić information content (AvgIpc) is 2.34. The van der Waals surface area contributed by atoms with Crippen molar-refractivity contribution >= 4 is 35.2 Å². The Morgan fingerprint density at radius 3 is 2.62 bits per heavy atom. The van der Waals surface area contributed by atoms with Gasteiger partial charge in [0, 0.05) is 14.9 Å². The lowest BCUT2D eigenvalue weighted by atomic mass is 10.2. The van der Waals surface area contributed by atoms with E-state index >= 15 is 0 Å². The molecule has 0 atom stereocenters. The minimum Gasteiger partial charge on any atom is -0.391 e. The molecular weight excluding hydrogens is 335 g/mol. The van der Waals surface area contributed by atoms with Crippen molar-refractivity contribution in [3.8, 4) is 0 Å². The lowest BCUT2D eigenvalue weighted by Crippen LogP contribution is -1.96. The first kappa shape index (κ1) is 14.0. The van der Waals surface area contributed by atoms with E-state index in [1.807, 2.05) is 30.3 Å². The molecule has 0 spiro atoms. The molecule has 0 aliphatic heterocycles. The van der Waals surface area contributed by atoms with Crippen LogP contribution >= 0.6 is 35.2 Å². The molecule has 0 aliphatic rings. The van der Waals surface area contributed by atoms with Crippen LogP contribution in [0.4, 0.5) is 0 Å². The van der Waals surface area contributed by atoms with Crippen LogP contribution in [0.2, 0.25) is 0 Å². The maximum atomic E-state index is 8.86. The van der Waals surface area contributed by atoms with Gasteiger partial charge < -0.3 is 9.84 Å². The number of thiol groups is 1. The van der Waals surface area contributed by atoms with Crippen molar-refractivity contribution in [2.75, 3.05) is 13.2 Å². The van der Waals surface area contributed by atoms with Crippen molar-refractivity contribution in [2.45, 2.75) is 13.0 Å². The number of aliphatic hydroxyl groups is 1. The summed E-state index contributed by atoms with van der Waals surface area (Å²) in [5.74, 6) is 0. The van der Waals surface area contributed by atoms with E-state index in [0.29, 0.717) is 13.2 Å². The van der Waals surface area contributed by atoms with Crippen LogP contribution in [-0.4, -0.2) is 18.3 Å². The summed E-state index contributed by atoms with van der Waals surface area (Å²) in [6.45, 7) is 1.28. The molecule has 0 fully saturated rings. The third-order valence-corrected chi connectivity index (χ3v) is 4.07. The van der Waals surface area contributed by atoms with Crippen LogP contribution in [-0.2, 0) is 11.3 Å². The second-order valence-electron chi connectivity index (χ2n) is 3.30. The van der Waals surface area contributed by atoms with Crippen molar-refractivity contribution in [3.05, 3.63) is 44.4 Å². The molecule has 2 nitrogen and oxygen atoms in total. The lowest BCUT2D eigenvalue weighted by Gasteiger charge is -2.05. The Morgan fingerprint density at radius 1 is 1.31 bits per heavy atom. The number of halogens is 1. The summed E-state index contributed by atoms with van der Waals surface area (Å²) >= 11 is 6.35. The van der Waals surface area contributed by atoms with Gasteiger partial charge in [-0.15, -0.1) is 12.6 Å². The molecule has 1 N–H and O–H groups in total. The molecule has 0 aromatic heterocycles. The second kappa shape index (κ2) is 8.11. The molecule has 0 unspecified atom stereocenters. The first-order valence-electron chi connectivity index (χ1n) is 5.03. The van der Waals surface area contributed by atoms with Crippen LogP contribution in [0.3, 0.4) is 0 Å². The third kappa shape index (κ3) is 5.34. The minimum absolute atomic E-state index is 0.0000692. The van der Waals surface area contributed by atoms with Gasteiger partial charge in [-0.05, 0) is 28.2 Å². The Bertz CT molecular complexity index is 338. The summed E-state index contributed by atoms with van der Waals surface area (Å²) in [6.07, 6.45) is 0.798. The topological polar surface area (TPSA) is 29.5 Å². The highest BCUT2D eigenvalue weighted by atomic mass is 127. The summed E-state index contributed by atoms with van der Waals surface area (Å²) in [5.41, 5.74) is 1.18. The maximum absolute atomic E-state index is 8.86. The van der Waals surface area contributed by atoms with E-state index in [0.717, 1.165) is 14.9 Å². The predicted octanol–water partition coefficient (Wildman–Crippen LogP) is 3.16. The van der Waals surface area contributed by atoms with Crippen molar-refractivity contribution in [1.29, 1.82) is 0 Å². The first-order valence-corrected chi connectivity index (χ1v) is 6.55. The molecule has 0 amide bonds. The van der Waals surface area contributed by atoms with Crippen molar-refractivity contribution in [3.63, 3.8) is 0 Å². The van der Waals surface area contributed by atoms with Crippen molar-refractivity contribution in [1.82, 2.24) is 0 Å². The molecule has 0 heterocycles. The molecule has 0 radical (unpaired) electrons. The number of aliphatic hydroxyl groups excluding tert-OH is 1. The van der Waals surface area contributed by atoms with Crippen molar-refractivity contribution in [2.24, 2.45) is 0 Å². The van der Waals surface area contributed by atoms with Crippen LogP contribution in [0, 0.1) is 0 Å². The lowest BCUT2D eigenvalue weighted by molar-refractivity contribution is 0.125. The highest BCUT2D eigenvalue weighted by Crippen LogP contribution is 2.19. The van der Waals surface area contributed by atoms with E-state index in [1.54, 1.807) is 0 Å². The van der Waals surface area contributed by atoms with E-state index in [2.05, 4.69) is 35.2 Å². The smallest absolute Gasteiger partial charge is 0.0745 e. The molecule has 1 aromatic carbocycles. The monoisotopic (exact) mass is 350 g/mol. The number of hydrogen-bond donors (Lipinski definition) is 2. The van der Waals surface area contributed by atoms with Gasteiger partial charge in [0.2, 0.25) is 0 Å². The van der Waals surface area contributed by atoms with Gasteiger partial charge in [-0.25, -0.2) is 0 Å². The van der Waals surface area contributed by atoms with E-state index < -0.39 is 0 Å². The second-order valence-corrected chi connectivity index (χ2v) is 5.14. The van der Waals surface area contributed by atoms with Crippen LogP contribution < -0.4 is 0 Å². The molecule has 0 saturated heterocycles. The summed E-state index contributed by atoms with van der Waals surface area (Å²) < 4.78 is 6.58. The van der Waals surface area contributed by atoms with Gasteiger partial charge in [0.05, 0.1) is 19.8 Å². The molecule has 1 aromatic rings. The SMILES string of the molecule is OC/C(S)=C(\I)CCOCc1ccccc1. The van der Waals surface area contributed by atoms with Crippen LogP contribution in [0.15, 0.2) is 38.8 Å². The van der Waals surface area contributed by atoms with Crippen molar-refractivity contribution < 1.29 is 9.84 Å². The summed E-state index contributed by atoms with van der Waals surface area (Å²) in [4.78, 5) is 0.726. The van der Waals surface area contributed by atoms with Gasteiger partial charge in [-0.2, -0.15) is 0 Å². The third-order valence-electron chi connectivity index (χ3n) is 2.04. The van der Waals surface area contributed by atoms with Gasteiger partial charge in [-0.1, -0.05) is 30.3 Å². The van der Waals surface area contributed by atoms with E-state index in [-0.39, 0.29) is 6.61 Å². The highest BCUT2D eigenvalue weighted by molar-refractivity contribution is 14.1. The molecular formula is C12H15IO2S. The predicted molar refractivity (Wildman–Crippen MR) is 77.8 cm³/mol. The Hall–Kier alpha value is -0.0400. The first-order chi connectivity index (χ1) is 7.74. The quantitative estimate of drug-likeness (QED) is 0.469. The van der Waals surface area contributed by atoms with E-state index in [4.69, 9.17) is 9.84 Å². The van der Waals surface area contributed by atoms with Gasteiger partial charge in [-0.3, -0.25) is 0 Å². The fraction of sp³-hybridized carbons (Fsp3) is 0.333. The van der Waals surface area contributed by atoms with E-state index in [9.17, 15) is 0 Å². The maximum Gasteiger partial charge on any atom is 0.0745 e.